The molecule has 0 amide bonds. The lowest BCUT2D eigenvalue weighted by Crippen LogP contribution is -2.27. The molecule has 0 bridgehead atoms. The molecule has 0 radical (unpaired) electrons. The fraction of sp³-hybridized carbons (Fsp3) is 0.350. The van der Waals surface area contributed by atoms with E-state index in [2.05, 4.69) is 46.6 Å². The summed E-state index contributed by atoms with van der Waals surface area (Å²) in [7, 11) is 2.20. The van der Waals surface area contributed by atoms with Gasteiger partial charge < -0.3 is 14.6 Å². The molecule has 1 aliphatic rings. The largest absolute Gasteiger partial charge is 0.493 e. The number of hydrogen-bond donors (Lipinski definition) is 1. The summed E-state index contributed by atoms with van der Waals surface area (Å²) in [6, 6.07) is 10.4. The molecule has 0 saturated heterocycles. The molecule has 1 aliphatic heterocycles. The number of pyridine rings is 1. The molecule has 4 rings (SSSR count). The fourth-order valence-electron chi connectivity index (χ4n) is 3.76. The maximum atomic E-state index is 9.34. The Morgan fingerprint density at radius 1 is 1.21 bits per heavy atom. The number of aromatic hydroxyl groups is 1. The van der Waals surface area contributed by atoms with E-state index in [1.54, 1.807) is 12.3 Å². The summed E-state index contributed by atoms with van der Waals surface area (Å²) in [5.74, 6) is 0.0843. The van der Waals surface area contributed by atoms with Crippen LogP contribution < -0.4 is 0 Å². The van der Waals surface area contributed by atoms with E-state index in [0.717, 1.165) is 38.0 Å². The molecule has 0 fully saturated rings. The Morgan fingerprint density at radius 2 is 2.08 bits per heavy atom. The zero-order valence-corrected chi connectivity index (χ0v) is 14.3. The van der Waals surface area contributed by atoms with Crippen LogP contribution in [0.4, 0.5) is 0 Å². The summed E-state index contributed by atoms with van der Waals surface area (Å²) >= 11 is 0. The minimum atomic E-state index is 0.0843. The predicted octanol–water partition coefficient (Wildman–Crippen LogP) is 3.28. The molecule has 4 nitrogen and oxygen atoms in total. The van der Waals surface area contributed by atoms with E-state index in [-0.39, 0.29) is 5.88 Å². The number of fused-ring (bicyclic) bond motifs is 3. The molecule has 1 N–H and O–H groups in total. The third-order valence-electron chi connectivity index (χ3n) is 5.03. The molecular weight excluding hydrogens is 298 g/mol. The number of benzene rings is 1. The van der Waals surface area contributed by atoms with Gasteiger partial charge in [-0.1, -0.05) is 17.7 Å². The van der Waals surface area contributed by atoms with Crippen LogP contribution >= 0.6 is 0 Å². The van der Waals surface area contributed by atoms with Crippen LogP contribution in [0.1, 0.15) is 22.4 Å². The molecule has 1 aromatic carbocycles. The lowest BCUT2D eigenvalue weighted by Gasteiger charge is -2.24. The number of likely N-dealkylation sites (N-methyl/N-ethyl adjacent to an activating group) is 1. The minimum Gasteiger partial charge on any atom is -0.493 e. The Morgan fingerprint density at radius 3 is 2.88 bits per heavy atom. The maximum Gasteiger partial charge on any atom is 0.210 e. The second-order valence-corrected chi connectivity index (χ2v) is 6.86. The van der Waals surface area contributed by atoms with Gasteiger partial charge in [-0.05, 0) is 43.7 Å². The minimum absolute atomic E-state index is 0.0843. The SMILES string of the molecule is Cc1ccc2c(c1)c1c(n2CCc2ccc(O)nc2)CCN(C)C1. The Kier molecular flexibility index (Phi) is 3.77. The van der Waals surface area contributed by atoms with Gasteiger partial charge in [0, 0.05) is 54.9 Å². The van der Waals surface area contributed by atoms with Crippen LogP contribution in [0.25, 0.3) is 10.9 Å². The Labute approximate surface area is 142 Å². The number of rotatable bonds is 3. The van der Waals surface area contributed by atoms with Crippen LogP contribution in [-0.2, 0) is 25.9 Å². The molecule has 24 heavy (non-hydrogen) atoms. The van der Waals surface area contributed by atoms with Crippen LogP contribution in [0.3, 0.4) is 0 Å². The summed E-state index contributed by atoms with van der Waals surface area (Å²) in [5.41, 5.74) is 6.79. The van der Waals surface area contributed by atoms with Gasteiger partial charge in [0.2, 0.25) is 5.88 Å². The van der Waals surface area contributed by atoms with E-state index in [4.69, 9.17) is 0 Å². The molecule has 0 saturated carbocycles. The molecule has 3 heterocycles. The summed E-state index contributed by atoms with van der Waals surface area (Å²) in [6.07, 6.45) is 3.80. The van der Waals surface area contributed by atoms with Crippen molar-refractivity contribution in [1.29, 1.82) is 0 Å². The van der Waals surface area contributed by atoms with Gasteiger partial charge in [0.15, 0.2) is 0 Å². The Hall–Kier alpha value is -2.33. The molecule has 0 aliphatic carbocycles. The Balaban J connectivity index is 1.73. The van der Waals surface area contributed by atoms with Crippen molar-refractivity contribution in [1.82, 2.24) is 14.5 Å². The highest BCUT2D eigenvalue weighted by atomic mass is 16.3. The summed E-state index contributed by atoms with van der Waals surface area (Å²) in [4.78, 5) is 6.39. The number of nitrogens with zero attached hydrogens (tertiary/aromatic N) is 3. The van der Waals surface area contributed by atoms with Gasteiger partial charge in [-0.15, -0.1) is 0 Å². The fourth-order valence-corrected chi connectivity index (χ4v) is 3.76. The van der Waals surface area contributed by atoms with Crippen molar-refractivity contribution in [2.75, 3.05) is 13.6 Å². The molecule has 0 atom stereocenters. The Bertz CT molecular complexity index is 880. The van der Waals surface area contributed by atoms with Crippen LogP contribution in [0.15, 0.2) is 36.5 Å². The van der Waals surface area contributed by atoms with Crippen LogP contribution in [0.5, 0.6) is 5.88 Å². The van der Waals surface area contributed by atoms with Gasteiger partial charge in [-0.2, -0.15) is 0 Å². The van der Waals surface area contributed by atoms with Crippen molar-refractivity contribution in [2.24, 2.45) is 0 Å². The van der Waals surface area contributed by atoms with Crippen molar-refractivity contribution >= 4 is 10.9 Å². The molecule has 0 unspecified atom stereocenters. The molecular formula is C20H23N3O. The van der Waals surface area contributed by atoms with Gasteiger partial charge in [0.1, 0.15) is 0 Å². The van der Waals surface area contributed by atoms with Gasteiger partial charge in [-0.25, -0.2) is 4.98 Å². The first-order chi connectivity index (χ1) is 11.6. The summed E-state index contributed by atoms with van der Waals surface area (Å²) < 4.78 is 2.49. The van der Waals surface area contributed by atoms with Crippen LogP contribution in [0, 0.1) is 6.92 Å². The van der Waals surface area contributed by atoms with Crippen LogP contribution in [0.2, 0.25) is 0 Å². The lowest BCUT2D eigenvalue weighted by atomic mass is 10.0. The normalized spacial score (nSPS) is 14.9. The zero-order chi connectivity index (χ0) is 16.7. The topological polar surface area (TPSA) is 41.3 Å². The predicted molar refractivity (Wildman–Crippen MR) is 96.3 cm³/mol. The molecule has 0 spiro atoms. The molecule has 3 aromatic rings. The number of hydrogen-bond acceptors (Lipinski definition) is 3. The van der Waals surface area contributed by atoms with E-state index in [0.29, 0.717) is 0 Å². The van der Waals surface area contributed by atoms with Crippen molar-refractivity contribution < 1.29 is 5.11 Å². The highest BCUT2D eigenvalue weighted by Crippen LogP contribution is 2.31. The standard InChI is InChI=1S/C20H23N3O/c1-14-3-5-18-16(11-14)17-13-22(2)9-8-19(17)23(18)10-7-15-4-6-20(24)21-12-15/h3-6,11-12H,7-10,13H2,1-2H3,(H,21,24). The van der Waals surface area contributed by atoms with E-state index >= 15 is 0 Å². The van der Waals surface area contributed by atoms with E-state index in [1.807, 2.05) is 6.07 Å². The third kappa shape index (κ3) is 2.67. The van der Waals surface area contributed by atoms with Crippen molar-refractivity contribution in [2.45, 2.75) is 32.9 Å². The summed E-state index contributed by atoms with van der Waals surface area (Å²) in [6.45, 7) is 5.26. The summed E-state index contributed by atoms with van der Waals surface area (Å²) in [5, 5.41) is 10.7. The molecule has 124 valence electrons. The first kappa shape index (κ1) is 15.2. The van der Waals surface area contributed by atoms with Crippen molar-refractivity contribution in [3.05, 3.63) is 58.9 Å². The lowest BCUT2D eigenvalue weighted by molar-refractivity contribution is 0.309. The smallest absolute Gasteiger partial charge is 0.210 e. The van der Waals surface area contributed by atoms with Crippen molar-refractivity contribution in [3.8, 4) is 5.88 Å². The third-order valence-corrected chi connectivity index (χ3v) is 5.03. The van der Waals surface area contributed by atoms with Gasteiger partial charge in [0.25, 0.3) is 0 Å². The second-order valence-electron chi connectivity index (χ2n) is 6.86. The first-order valence-electron chi connectivity index (χ1n) is 8.55. The van der Waals surface area contributed by atoms with E-state index in [1.165, 1.54) is 27.7 Å². The average molecular weight is 321 g/mol. The van der Waals surface area contributed by atoms with Crippen LogP contribution in [-0.4, -0.2) is 33.1 Å². The molecule has 4 heteroatoms. The monoisotopic (exact) mass is 321 g/mol. The van der Waals surface area contributed by atoms with Crippen molar-refractivity contribution in [3.63, 3.8) is 0 Å². The quantitative estimate of drug-likeness (QED) is 0.805. The second kappa shape index (κ2) is 5.95. The maximum absolute atomic E-state index is 9.34. The molecule has 2 aromatic heterocycles. The number of aromatic nitrogens is 2. The average Bonchev–Trinajstić information content (AvgIpc) is 2.87. The van der Waals surface area contributed by atoms with E-state index in [9.17, 15) is 5.11 Å². The highest BCUT2D eigenvalue weighted by molar-refractivity contribution is 5.86. The van der Waals surface area contributed by atoms with Gasteiger partial charge in [0.05, 0.1) is 0 Å². The van der Waals surface area contributed by atoms with Gasteiger partial charge in [-0.3, -0.25) is 0 Å². The zero-order valence-electron chi connectivity index (χ0n) is 14.3. The van der Waals surface area contributed by atoms with E-state index < -0.39 is 0 Å². The first-order valence-corrected chi connectivity index (χ1v) is 8.55. The highest BCUT2D eigenvalue weighted by Gasteiger charge is 2.22. The van der Waals surface area contributed by atoms with Gasteiger partial charge >= 0.3 is 0 Å². The number of aryl methyl sites for hydroxylation is 3.